The van der Waals surface area contributed by atoms with Gasteiger partial charge in [0.25, 0.3) is 0 Å². The van der Waals surface area contributed by atoms with Crippen molar-refractivity contribution in [2.24, 2.45) is 5.73 Å². The number of phenols is 1. The third-order valence-electron chi connectivity index (χ3n) is 2.91. The van der Waals surface area contributed by atoms with E-state index in [1.54, 1.807) is 24.3 Å². The van der Waals surface area contributed by atoms with Crippen LogP contribution in [-0.2, 0) is 0 Å². The summed E-state index contributed by atoms with van der Waals surface area (Å²) in [6.45, 7) is 0.989. The van der Waals surface area contributed by atoms with Crippen LogP contribution in [0.5, 0.6) is 11.5 Å². The van der Waals surface area contributed by atoms with Gasteiger partial charge in [-0.25, -0.2) is 0 Å². The van der Waals surface area contributed by atoms with Crippen LogP contribution in [0.3, 0.4) is 0 Å². The maximum atomic E-state index is 9.20. The van der Waals surface area contributed by atoms with Crippen LogP contribution in [0.15, 0.2) is 48.5 Å². The topological polar surface area (TPSA) is 55.5 Å². The average Bonchev–Trinajstić information content (AvgIpc) is 2.43. The highest BCUT2D eigenvalue weighted by atomic mass is 35.5. The van der Waals surface area contributed by atoms with Crippen LogP contribution >= 0.6 is 11.6 Å². The van der Waals surface area contributed by atoms with E-state index in [1.165, 1.54) is 0 Å². The second-order valence-electron chi connectivity index (χ2n) is 4.29. The Bertz CT molecular complexity index is 511. The van der Waals surface area contributed by atoms with Gasteiger partial charge >= 0.3 is 0 Å². The number of hydrogen-bond donors (Lipinski definition) is 2. The first-order chi connectivity index (χ1) is 9.19. The van der Waals surface area contributed by atoms with Gasteiger partial charge in [0, 0.05) is 17.5 Å². The molecule has 2 rings (SSSR count). The summed E-state index contributed by atoms with van der Waals surface area (Å²) in [4.78, 5) is 0. The number of ether oxygens (including phenoxy) is 1. The van der Waals surface area contributed by atoms with Gasteiger partial charge in [0.15, 0.2) is 0 Å². The first-order valence-electron chi connectivity index (χ1n) is 6.06. The minimum Gasteiger partial charge on any atom is -0.508 e. The van der Waals surface area contributed by atoms with E-state index in [4.69, 9.17) is 22.1 Å². The Labute approximate surface area is 117 Å². The number of hydrogen-bond acceptors (Lipinski definition) is 3. The van der Waals surface area contributed by atoms with Crippen molar-refractivity contribution in [3.05, 3.63) is 59.1 Å². The van der Waals surface area contributed by atoms with Crippen LogP contribution in [0.1, 0.15) is 11.5 Å². The molecule has 0 aliphatic heterocycles. The highest BCUT2D eigenvalue weighted by Crippen LogP contribution is 2.21. The van der Waals surface area contributed by atoms with E-state index in [9.17, 15) is 5.11 Å². The third kappa shape index (κ3) is 3.88. The molecule has 19 heavy (non-hydrogen) atoms. The Morgan fingerprint density at radius 2 is 1.68 bits per heavy atom. The van der Waals surface area contributed by atoms with Gasteiger partial charge in [0.05, 0.1) is 6.61 Å². The Balaban J connectivity index is 1.99. The molecule has 0 aromatic heterocycles. The predicted molar refractivity (Wildman–Crippen MR) is 76.8 cm³/mol. The van der Waals surface area contributed by atoms with E-state index in [1.807, 2.05) is 24.3 Å². The lowest BCUT2D eigenvalue weighted by Gasteiger charge is -2.16. The molecular formula is C15H16ClNO2. The molecule has 1 atom stereocenters. The van der Waals surface area contributed by atoms with Crippen molar-refractivity contribution in [3.63, 3.8) is 0 Å². The zero-order valence-corrected chi connectivity index (χ0v) is 11.2. The van der Waals surface area contributed by atoms with Crippen LogP contribution in [0.4, 0.5) is 0 Å². The quantitative estimate of drug-likeness (QED) is 0.883. The van der Waals surface area contributed by atoms with Crippen molar-refractivity contribution < 1.29 is 9.84 Å². The first-order valence-corrected chi connectivity index (χ1v) is 6.44. The summed E-state index contributed by atoms with van der Waals surface area (Å²) in [7, 11) is 0. The van der Waals surface area contributed by atoms with Crippen molar-refractivity contribution in [3.8, 4) is 11.5 Å². The van der Waals surface area contributed by atoms with Crippen molar-refractivity contribution in [1.29, 1.82) is 0 Å². The van der Waals surface area contributed by atoms with Gasteiger partial charge in [0.2, 0.25) is 0 Å². The maximum Gasteiger partial charge on any atom is 0.119 e. The monoisotopic (exact) mass is 277 g/mol. The fraction of sp³-hybridized carbons (Fsp3) is 0.200. The van der Waals surface area contributed by atoms with Crippen LogP contribution in [0.2, 0.25) is 5.02 Å². The Morgan fingerprint density at radius 1 is 1.05 bits per heavy atom. The van der Waals surface area contributed by atoms with Crippen molar-refractivity contribution in [1.82, 2.24) is 0 Å². The van der Waals surface area contributed by atoms with Crippen molar-refractivity contribution in [2.75, 3.05) is 13.2 Å². The summed E-state index contributed by atoms with van der Waals surface area (Å²) in [5.74, 6) is 1.05. The highest BCUT2D eigenvalue weighted by Gasteiger charge is 2.10. The van der Waals surface area contributed by atoms with Crippen molar-refractivity contribution >= 4 is 11.6 Å². The molecule has 0 heterocycles. The van der Waals surface area contributed by atoms with E-state index in [-0.39, 0.29) is 11.7 Å². The van der Waals surface area contributed by atoms with Crippen LogP contribution < -0.4 is 10.5 Å². The molecule has 100 valence electrons. The van der Waals surface area contributed by atoms with E-state index in [0.29, 0.717) is 23.9 Å². The molecule has 2 aromatic carbocycles. The van der Waals surface area contributed by atoms with Crippen LogP contribution in [-0.4, -0.2) is 18.3 Å². The minimum atomic E-state index is 0.117. The largest absolute Gasteiger partial charge is 0.508 e. The summed E-state index contributed by atoms with van der Waals surface area (Å²) in [6, 6.07) is 14.2. The van der Waals surface area contributed by atoms with E-state index >= 15 is 0 Å². The van der Waals surface area contributed by atoms with E-state index in [0.717, 1.165) is 5.56 Å². The number of benzene rings is 2. The molecule has 0 bridgehead atoms. The normalized spacial score (nSPS) is 12.1. The van der Waals surface area contributed by atoms with Gasteiger partial charge in [-0.2, -0.15) is 0 Å². The molecule has 1 unspecified atom stereocenters. The number of phenolic OH excluding ortho intramolecular Hbond substituents is 1. The molecule has 0 aliphatic rings. The fourth-order valence-electron chi connectivity index (χ4n) is 1.77. The first kappa shape index (κ1) is 13.7. The van der Waals surface area contributed by atoms with Crippen molar-refractivity contribution in [2.45, 2.75) is 5.92 Å². The lowest BCUT2D eigenvalue weighted by Crippen LogP contribution is -2.19. The molecule has 0 saturated carbocycles. The smallest absolute Gasteiger partial charge is 0.119 e. The minimum absolute atomic E-state index is 0.117. The molecule has 3 N–H and O–H groups in total. The summed E-state index contributed by atoms with van der Waals surface area (Å²) in [6.07, 6.45) is 0. The predicted octanol–water partition coefficient (Wildman–Crippen LogP) is 3.17. The second-order valence-corrected chi connectivity index (χ2v) is 4.73. The van der Waals surface area contributed by atoms with E-state index < -0.39 is 0 Å². The maximum absolute atomic E-state index is 9.20. The summed E-state index contributed by atoms with van der Waals surface area (Å²) < 4.78 is 5.67. The lowest BCUT2D eigenvalue weighted by atomic mass is 10.0. The van der Waals surface area contributed by atoms with Crippen LogP contribution in [0, 0.1) is 0 Å². The van der Waals surface area contributed by atoms with Gasteiger partial charge < -0.3 is 15.6 Å². The van der Waals surface area contributed by atoms with Gasteiger partial charge in [-0.3, -0.25) is 0 Å². The number of rotatable bonds is 5. The molecule has 0 fully saturated rings. The molecule has 3 nitrogen and oxygen atoms in total. The molecule has 0 aliphatic carbocycles. The molecule has 0 saturated heterocycles. The van der Waals surface area contributed by atoms with Gasteiger partial charge in [-0.05, 0) is 42.0 Å². The molecule has 4 heteroatoms. The summed E-state index contributed by atoms with van der Waals surface area (Å²) in [5.41, 5.74) is 6.88. The standard InChI is InChI=1S/C15H16ClNO2/c16-13-3-1-11(2-4-13)12(9-17)10-19-15-7-5-14(18)6-8-15/h1-8,12,18H,9-10,17H2. The third-order valence-corrected chi connectivity index (χ3v) is 3.17. The highest BCUT2D eigenvalue weighted by molar-refractivity contribution is 6.30. The fourth-order valence-corrected chi connectivity index (χ4v) is 1.90. The Hall–Kier alpha value is -1.71. The van der Waals surface area contributed by atoms with Gasteiger partial charge in [0.1, 0.15) is 11.5 Å². The molecule has 0 radical (unpaired) electrons. The number of halogens is 1. The Kier molecular flexibility index (Phi) is 4.66. The molecule has 2 aromatic rings. The lowest BCUT2D eigenvalue weighted by molar-refractivity contribution is 0.290. The zero-order valence-electron chi connectivity index (χ0n) is 10.4. The van der Waals surface area contributed by atoms with Gasteiger partial charge in [-0.1, -0.05) is 23.7 Å². The van der Waals surface area contributed by atoms with E-state index in [2.05, 4.69) is 0 Å². The van der Waals surface area contributed by atoms with Gasteiger partial charge in [-0.15, -0.1) is 0 Å². The summed E-state index contributed by atoms with van der Waals surface area (Å²) >= 11 is 5.86. The molecule has 0 amide bonds. The molecular weight excluding hydrogens is 262 g/mol. The second kappa shape index (κ2) is 6.45. The summed E-state index contributed by atoms with van der Waals surface area (Å²) in [5, 5.41) is 9.90. The number of aromatic hydroxyl groups is 1. The average molecular weight is 278 g/mol. The Morgan fingerprint density at radius 3 is 2.26 bits per heavy atom. The van der Waals surface area contributed by atoms with Crippen LogP contribution in [0.25, 0.3) is 0 Å². The number of nitrogens with two attached hydrogens (primary N) is 1. The SMILES string of the molecule is NCC(COc1ccc(O)cc1)c1ccc(Cl)cc1. The zero-order chi connectivity index (χ0) is 13.7. The molecule has 0 spiro atoms.